The van der Waals surface area contributed by atoms with Crippen LogP contribution in [0.4, 0.5) is 0 Å². The van der Waals surface area contributed by atoms with Crippen LogP contribution in [0, 0.1) is 0 Å². The van der Waals surface area contributed by atoms with Gasteiger partial charge in [-0.2, -0.15) is 0 Å². The van der Waals surface area contributed by atoms with Crippen LogP contribution in [0.25, 0.3) is 0 Å². The molecule has 0 aliphatic rings. The minimum absolute atomic E-state index is 0.0689. The predicted molar refractivity (Wildman–Crippen MR) is 73.3 cm³/mol. The van der Waals surface area contributed by atoms with E-state index in [1.54, 1.807) is 0 Å². The number of unbranched alkanes of at least 4 members (excludes halogenated alkanes) is 6. The van der Waals surface area contributed by atoms with E-state index >= 15 is 0 Å². The molecule has 98 valence electrons. The molecule has 0 atom stereocenters. The van der Waals surface area contributed by atoms with Crippen molar-refractivity contribution in [1.29, 1.82) is 0 Å². The Morgan fingerprint density at radius 3 is 1.88 bits per heavy atom. The molecule has 0 heterocycles. The molecule has 2 radical (unpaired) electrons. The highest BCUT2D eigenvalue weighted by Gasteiger charge is 2.15. The van der Waals surface area contributed by atoms with Gasteiger partial charge in [-0.1, -0.05) is 44.8 Å². The molecule has 2 nitrogen and oxygen atoms in total. The second kappa shape index (κ2) is 9.55. The highest BCUT2D eigenvalue weighted by molar-refractivity contribution is 6.08. The molecule has 0 N–H and O–H groups in total. The van der Waals surface area contributed by atoms with Crippen LogP contribution in [0.1, 0.15) is 72.1 Å². The van der Waals surface area contributed by atoms with E-state index in [1.807, 2.05) is 20.8 Å². The number of hydrogen-bond donors (Lipinski definition) is 0. The summed E-state index contributed by atoms with van der Waals surface area (Å²) in [5.74, 6) is -0.0689. The zero-order valence-electron chi connectivity index (χ0n) is 11.8. The molecule has 0 aliphatic heterocycles. The van der Waals surface area contributed by atoms with E-state index in [-0.39, 0.29) is 11.6 Å². The van der Waals surface area contributed by atoms with Crippen LogP contribution in [-0.4, -0.2) is 19.4 Å². The topological polar surface area (TPSA) is 26.3 Å². The molecule has 0 aromatic heterocycles. The van der Waals surface area contributed by atoms with Gasteiger partial charge in [-0.3, -0.25) is 4.79 Å². The molecule has 0 bridgehead atoms. The standard InChI is InChI=1S/C14H27BO2/c1-14(2,3)17-13(16)11-9-7-5-4-6-8-10-12-15/h4-12H2,1-3H3. The monoisotopic (exact) mass is 238 g/mol. The second-order valence-electron chi connectivity index (χ2n) is 5.60. The van der Waals surface area contributed by atoms with Crippen LogP contribution in [-0.2, 0) is 9.53 Å². The van der Waals surface area contributed by atoms with E-state index in [0.29, 0.717) is 6.42 Å². The van der Waals surface area contributed by atoms with E-state index in [4.69, 9.17) is 12.6 Å². The van der Waals surface area contributed by atoms with Crippen molar-refractivity contribution >= 4 is 13.8 Å². The lowest BCUT2D eigenvalue weighted by atomic mass is 9.98. The first-order valence-electron chi connectivity index (χ1n) is 6.87. The van der Waals surface area contributed by atoms with E-state index < -0.39 is 0 Å². The quantitative estimate of drug-likeness (QED) is 0.344. The minimum atomic E-state index is -0.348. The zero-order valence-corrected chi connectivity index (χ0v) is 11.8. The molecule has 17 heavy (non-hydrogen) atoms. The fraction of sp³-hybridized carbons (Fsp3) is 0.929. The van der Waals surface area contributed by atoms with Gasteiger partial charge in [0.25, 0.3) is 0 Å². The van der Waals surface area contributed by atoms with Crippen molar-refractivity contribution < 1.29 is 9.53 Å². The largest absolute Gasteiger partial charge is 0.460 e. The number of ether oxygens (including phenoxy) is 1. The zero-order chi connectivity index (χ0) is 13.1. The first-order chi connectivity index (χ1) is 7.95. The number of carbonyl (C=O) groups is 1. The first-order valence-corrected chi connectivity index (χ1v) is 6.87. The van der Waals surface area contributed by atoms with Gasteiger partial charge in [0.15, 0.2) is 0 Å². The van der Waals surface area contributed by atoms with Crippen LogP contribution in [0.2, 0.25) is 6.32 Å². The second-order valence-corrected chi connectivity index (χ2v) is 5.60. The molecule has 0 fully saturated rings. The average molecular weight is 238 g/mol. The van der Waals surface area contributed by atoms with Crippen LogP contribution in [0.3, 0.4) is 0 Å². The highest BCUT2D eigenvalue weighted by Crippen LogP contribution is 2.12. The molecule has 0 spiro atoms. The van der Waals surface area contributed by atoms with Gasteiger partial charge in [0, 0.05) is 6.42 Å². The fourth-order valence-corrected chi connectivity index (χ4v) is 1.69. The third kappa shape index (κ3) is 13.5. The normalized spacial score (nSPS) is 11.5. The Bertz CT molecular complexity index is 197. The van der Waals surface area contributed by atoms with Gasteiger partial charge in [0.05, 0.1) is 7.85 Å². The number of hydrogen-bond acceptors (Lipinski definition) is 2. The summed E-state index contributed by atoms with van der Waals surface area (Å²) in [7, 11) is 5.42. The lowest BCUT2D eigenvalue weighted by Gasteiger charge is -2.19. The summed E-state index contributed by atoms with van der Waals surface area (Å²) >= 11 is 0. The Labute approximate surface area is 108 Å². The molecule has 0 saturated heterocycles. The number of rotatable bonds is 9. The average Bonchev–Trinajstić information content (AvgIpc) is 2.19. The Balaban J connectivity index is 3.25. The predicted octanol–water partition coefficient (Wildman–Crippen LogP) is 4.04. The maximum atomic E-state index is 11.4. The van der Waals surface area contributed by atoms with E-state index in [9.17, 15) is 4.79 Å². The van der Waals surface area contributed by atoms with Crippen molar-refractivity contribution in [2.75, 3.05) is 0 Å². The van der Waals surface area contributed by atoms with Crippen molar-refractivity contribution in [2.45, 2.75) is 84.1 Å². The maximum absolute atomic E-state index is 11.4. The Hall–Kier alpha value is -0.465. The molecule has 0 aliphatic carbocycles. The van der Waals surface area contributed by atoms with Gasteiger partial charge in [-0.05, 0) is 27.2 Å². The molecule has 0 unspecified atom stereocenters. The summed E-state index contributed by atoms with van der Waals surface area (Å²) in [6.07, 6.45) is 9.55. The van der Waals surface area contributed by atoms with Crippen molar-refractivity contribution in [3.63, 3.8) is 0 Å². The van der Waals surface area contributed by atoms with Crippen LogP contribution in [0.15, 0.2) is 0 Å². The Morgan fingerprint density at radius 1 is 0.941 bits per heavy atom. The maximum Gasteiger partial charge on any atom is 0.306 e. The minimum Gasteiger partial charge on any atom is -0.460 e. The summed E-state index contributed by atoms with van der Waals surface area (Å²) in [4.78, 5) is 11.4. The summed E-state index contributed by atoms with van der Waals surface area (Å²) in [5.41, 5.74) is -0.348. The van der Waals surface area contributed by atoms with E-state index in [1.165, 1.54) is 25.7 Å². The fourth-order valence-electron chi connectivity index (χ4n) is 1.69. The van der Waals surface area contributed by atoms with Gasteiger partial charge in [-0.15, -0.1) is 0 Å². The van der Waals surface area contributed by atoms with Crippen molar-refractivity contribution in [3.05, 3.63) is 0 Å². The molecular weight excluding hydrogens is 211 g/mol. The van der Waals surface area contributed by atoms with Gasteiger partial charge in [-0.25, -0.2) is 0 Å². The van der Waals surface area contributed by atoms with Crippen LogP contribution >= 0.6 is 0 Å². The Morgan fingerprint density at radius 2 is 1.41 bits per heavy atom. The first kappa shape index (κ1) is 16.5. The van der Waals surface area contributed by atoms with E-state index in [0.717, 1.165) is 25.6 Å². The highest BCUT2D eigenvalue weighted by atomic mass is 16.6. The Kier molecular flexibility index (Phi) is 9.29. The lowest BCUT2D eigenvalue weighted by Crippen LogP contribution is -2.23. The van der Waals surface area contributed by atoms with Gasteiger partial charge in [0.1, 0.15) is 5.60 Å². The SMILES string of the molecule is [B]CCCCCCCCCC(=O)OC(C)(C)C. The molecule has 0 aromatic rings. The summed E-state index contributed by atoms with van der Waals surface area (Å²) in [6.45, 7) is 5.72. The molecule has 0 amide bonds. The van der Waals surface area contributed by atoms with Gasteiger partial charge >= 0.3 is 5.97 Å². The summed E-state index contributed by atoms with van der Waals surface area (Å²) < 4.78 is 5.24. The van der Waals surface area contributed by atoms with Crippen molar-refractivity contribution in [1.82, 2.24) is 0 Å². The molecule has 0 rings (SSSR count). The van der Waals surface area contributed by atoms with Crippen molar-refractivity contribution in [3.8, 4) is 0 Å². The smallest absolute Gasteiger partial charge is 0.306 e. The number of carbonyl (C=O) groups excluding carboxylic acids is 1. The lowest BCUT2D eigenvalue weighted by molar-refractivity contribution is -0.154. The van der Waals surface area contributed by atoms with E-state index in [2.05, 4.69) is 0 Å². The van der Waals surface area contributed by atoms with Crippen LogP contribution < -0.4 is 0 Å². The van der Waals surface area contributed by atoms with Gasteiger partial charge < -0.3 is 4.74 Å². The molecule has 3 heteroatoms. The van der Waals surface area contributed by atoms with Crippen molar-refractivity contribution in [2.24, 2.45) is 0 Å². The molecule has 0 aromatic carbocycles. The molecule has 0 saturated carbocycles. The summed E-state index contributed by atoms with van der Waals surface area (Å²) in [6, 6.07) is 0. The third-order valence-corrected chi connectivity index (χ3v) is 2.51. The van der Waals surface area contributed by atoms with Gasteiger partial charge in [0.2, 0.25) is 0 Å². The third-order valence-electron chi connectivity index (χ3n) is 2.51. The summed E-state index contributed by atoms with van der Waals surface area (Å²) in [5, 5.41) is 0. The molecular formula is C14H27BO2. The van der Waals surface area contributed by atoms with Crippen LogP contribution in [0.5, 0.6) is 0 Å². The number of esters is 1.